The number of imidazole rings is 1. The Morgan fingerprint density at radius 1 is 1.42 bits per heavy atom. The highest BCUT2D eigenvalue weighted by Gasteiger charge is 2.21. The lowest BCUT2D eigenvalue weighted by Crippen LogP contribution is -2.38. The molecule has 9 nitrogen and oxygen atoms in total. The number of aliphatic hydroxyl groups excluding tert-OH is 1. The smallest absolute Gasteiger partial charge is 0.323 e. The van der Waals surface area contributed by atoms with E-state index in [0.29, 0.717) is 24.1 Å². The second-order valence-electron chi connectivity index (χ2n) is 6.11. The number of nitrogen functional groups attached to an aromatic ring is 1. The molecule has 9 heteroatoms. The molecule has 0 aromatic carbocycles. The number of anilines is 1. The van der Waals surface area contributed by atoms with Crippen LogP contribution in [0.15, 0.2) is 12.5 Å². The highest BCUT2D eigenvalue weighted by Crippen LogP contribution is 2.15. The van der Waals surface area contributed by atoms with Crippen LogP contribution in [0, 0.1) is 11.8 Å². The van der Waals surface area contributed by atoms with Crippen LogP contribution in [0.4, 0.5) is 5.95 Å². The SMILES string of the molecule is CC(C)[C@H](N)C(=O)OC[C@H](CCO)Cn1cnc2cnc(N)nc21. The van der Waals surface area contributed by atoms with Crippen molar-refractivity contribution in [2.24, 2.45) is 17.6 Å². The Morgan fingerprint density at radius 3 is 2.83 bits per heavy atom. The molecule has 0 saturated heterocycles. The summed E-state index contributed by atoms with van der Waals surface area (Å²) in [5.74, 6) is -0.356. The van der Waals surface area contributed by atoms with Gasteiger partial charge < -0.3 is 25.9 Å². The summed E-state index contributed by atoms with van der Waals surface area (Å²) >= 11 is 0. The number of nitrogens with two attached hydrogens (primary N) is 2. The van der Waals surface area contributed by atoms with Crippen LogP contribution in [-0.4, -0.2) is 49.9 Å². The number of rotatable bonds is 8. The first-order valence-electron chi connectivity index (χ1n) is 7.88. The summed E-state index contributed by atoms with van der Waals surface area (Å²) in [6.45, 7) is 4.36. The summed E-state index contributed by atoms with van der Waals surface area (Å²) in [7, 11) is 0. The van der Waals surface area contributed by atoms with Gasteiger partial charge >= 0.3 is 5.97 Å². The fourth-order valence-electron chi connectivity index (χ4n) is 2.26. The molecule has 0 bridgehead atoms. The van der Waals surface area contributed by atoms with Gasteiger partial charge in [0.05, 0.1) is 19.1 Å². The minimum Gasteiger partial charge on any atom is -0.464 e. The van der Waals surface area contributed by atoms with Crippen molar-refractivity contribution in [3.05, 3.63) is 12.5 Å². The molecule has 2 aromatic heterocycles. The summed E-state index contributed by atoms with van der Waals surface area (Å²) in [4.78, 5) is 24.2. The van der Waals surface area contributed by atoms with Gasteiger partial charge in [-0.3, -0.25) is 4.79 Å². The van der Waals surface area contributed by atoms with E-state index < -0.39 is 12.0 Å². The van der Waals surface area contributed by atoms with E-state index >= 15 is 0 Å². The average Bonchev–Trinajstić information content (AvgIpc) is 2.93. The zero-order chi connectivity index (χ0) is 17.7. The summed E-state index contributed by atoms with van der Waals surface area (Å²) < 4.78 is 7.11. The van der Waals surface area contributed by atoms with Crippen LogP contribution in [0.2, 0.25) is 0 Å². The van der Waals surface area contributed by atoms with Crippen LogP contribution >= 0.6 is 0 Å². The highest BCUT2D eigenvalue weighted by molar-refractivity contribution is 5.75. The summed E-state index contributed by atoms with van der Waals surface area (Å²) in [6.07, 6.45) is 3.66. The molecular formula is C15H24N6O3. The lowest BCUT2D eigenvalue weighted by Gasteiger charge is -2.19. The van der Waals surface area contributed by atoms with E-state index in [4.69, 9.17) is 16.2 Å². The van der Waals surface area contributed by atoms with Crippen LogP contribution < -0.4 is 11.5 Å². The van der Waals surface area contributed by atoms with E-state index in [9.17, 15) is 9.90 Å². The molecule has 0 radical (unpaired) electrons. The zero-order valence-corrected chi connectivity index (χ0v) is 13.9. The number of hydrogen-bond donors (Lipinski definition) is 3. The van der Waals surface area contributed by atoms with Crippen molar-refractivity contribution in [3.8, 4) is 0 Å². The number of aromatic nitrogens is 4. The Bertz CT molecular complexity index is 687. The minimum atomic E-state index is -0.651. The molecular weight excluding hydrogens is 312 g/mol. The Balaban J connectivity index is 2.04. The van der Waals surface area contributed by atoms with E-state index in [1.807, 2.05) is 18.4 Å². The Hall–Kier alpha value is -2.26. The molecule has 0 fully saturated rings. The molecule has 0 aliphatic heterocycles. The number of aliphatic hydroxyl groups is 1. The van der Waals surface area contributed by atoms with Gasteiger partial charge in [-0.2, -0.15) is 4.98 Å². The van der Waals surface area contributed by atoms with Crippen molar-refractivity contribution >= 4 is 23.1 Å². The zero-order valence-electron chi connectivity index (χ0n) is 13.9. The average molecular weight is 336 g/mol. The predicted octanol–water partition coefficient (Wildman–Crippen LogP) is -0.0664. The molecule has 0 aliphatic rings. The van der Waals surface area contributed by atoms with Gasteiger partial charge in [0.2, 0.25) is 5.95 Å². The first-order chi connectivity index (χ1) is 11.4. The van der Waals surface area contributed by atoms with Gasteiger partial charge in [0.1, 0.15) is 11.6 Å². The van der Waals surface area contributed by atoms with Crippen LogP contribution in [0.3, 0.4) is 0 Å². The van der Waals surface area contributed by atoms with E-state index in [-0.39, 0.29) is 31.0 Å². The molecule has 0 unspecified atom stereocenters. The van der Waals surface area contributed by atoms with Gasteiger partial charge in [0.25, 0.3) is 0 Å². The second kappa shape index (κ2) is 8.02. The summed E-state index contributed by atoms with van der Waals surface area (Å²) in [5.41, 5.74) is 12.6. The van der Waals surface area contributed by atoms with Gasteiger partial charge in [-0.15, -0.1) is 0 Å². The molecule has 132 valence electrons. The fourth-order valence-corrected chi connectivity index (χ4v) is 2.26. The normalized spacial score (nSPS) is 14.0. The van der Waals surface area contributed by atoms with Crippen LogP contribution in [0.5, 0.6) is 0 Å². The largest absolute Gasteiger partial charge is 0.464 e. The molecule has 2 heterocycles. The van der Waals surface area contributed by atoms with Crippen molar-refractivity contribution in [1.29, 1.82) is 0 Å². The molecule has 2 atom stereocenters. The van der Waals surface area contributed by atoms with Crippen LogP contribution in [0.25, 0.3) is 11.2 Å². The third kappa shape index (κ3) is 4.39. The maximum Gasteiger partial charge on any atom is 0.323 e. The quantitative estimate of drug-likeness (QED) is 0.569. The predicted molar refractivity (Wildman–Crippen MR) is 88.7 cm³/mol. The molecule has 2 rings (SSSR count). The first kappa shape index (κ1) is 18.1. The van der Waals surface area contributed by atoms with Gasteiger partial charge in [0.15, 0.2) is 5.65 Å². The molecule has 2 aromatic rings. The minimum absolute atomic E-state index is 0.00561. The third-order valence-corrected chi connectivity index (χ3v) is 3.82. The van der Waals surface area contributed by atoms with Gasteiger partial charge in [-0.25, -0.2) is 9.97 Å². The fraction of sp³-hybridized carbons (Fsp3) is 0.600. The van der Waals surface area contributed by atoms with Gasteiger partial charge in [0, 0.05) is 19.1 Å². The lowest BCUT2D eigenvalue weighted by molar-refractivity contribution is -0.148. The standard InChI is InChI=1S/C15H24N6O3/c1-9(2)12(16)14(23)24-7-10(3-4-22)6-21-8-19-11-5-18-15(17)20-13(11)21/h5,8-10,12,22H,3-4,6-7,16H2,1-2H3,(H2,17,18,20)/t10-,12+/m1/s1. The van der Waals surface area contributed by atoms with Crippen molar-refractivity contribution in [2.75, 3.05) is 18.9 Å². The Kier molecular flexibility index (Phi) is 6.04. The van der Waals surface area contributed by atoms with Crippen molar-refractivity contribution in [3.63, 3.8) is 0 Å². The number of nitrogens with zero attached hydrogens (tertiary/aromatic N) is 4. The number of ether oxygens (including phenoxy) is 1. The molecule has 0 amide bonds. The number of hydrogen-bond acceptors (Lipinski definition) is 8. The molecule has 24 heavy (non-hydrogen) atoms. The molecule has 0 spiro atoms. The molecule has 5 N–H and O–H groups in total. The monoisotopic (exact) mass is 336 g/mol. The maximum atomic E-state index is 11.9. The summed E-state index contributed by atoms with van der Waals surface area (Å²) in [5, 5.41) is 9.25. The highest BCUT2D eigenvalue weighted by atomic mass is 16.5. The number of carbonyl (C=O) groups excluding carboxylic acids is 1. The second-order valence-corrected chi connectivity index (χ2v) is 6.11. The van der Waals surface area contributed by atoms with Crippen LogP contribution in [0.1, 0.15) is 20.3 Å². The van der Waals surface area contributed by atoms with Crippen molar-refractivity contribution < 1.29 is 14.6 Å². The first-order valence-corrected chi connectivity index (χ1v) is 7.88. The Labute approximate surface area is 140 Å². The maximum absolute atomic E-state index is 11.9. The van der Waals surface area contributed by atoms with Gasteiger partial charge in [-0.1, -0.05) is 13.8 Å². The third-order valence-electron chi connectivity index (χ3n) is 3.82. The van der Waals surface area contributed by atoms with Crippen molar-refractivity contribution in [1.82, 2.24) is 19.5 Å². The van der Waals surface area contributed by atoms with E-state index in [0.717, 1.165) is 0 Å². The number of carbonyl (C=O) groups is 1. The number of esters is 1. The summed E-state index contributed by atoms with van der Waals surface area (Å²) in [6, 6.07) is -0.651. The van der Waals surface area contributed by atoms with Gasteiger partial charge in [-0.05, 0) is 12.3 Å². The van der Waals surface area contributed by atoms with Crippen LogP contribution in [-0.2, 0) is 16.1 Å². The lowest BCUT2D eigenvalue weighted by atomic mass is 10.1. The Morgan fingerprint density at radius 2 is 2.17 bits per heavy atom. The number of fused-ring (bicyclic) bond motifs is 1. The molecule has 0 aliphatic carbocycles. The molecule has 0 saturated carbocycles. The topological polar surface area (TPSA) is 142 Å². The van der Waals surface area contributed by atoms with E-state index in [1.54, 1.807) is 12.5 Å². The van der Waals surface area contributed by atoms with E-state index in [1.165, 1.54) is 0 Å². The van der Waals surface area contributed by atoms with Crippen molar-refractivity contribution in [2.45, 2.75) is 32.9 Å². The van der Waals surface area contributed by atoms with E-state index in [2.05, 4.69) is 15.0 Å².